The van der Waals surface area contributed by atoms with Gasteiger partial charge in [-0.15, -0.1) is 0 Å². The van der Waals surface area contributed by atoms with Gasteiger partial charge in [0.25, 0.3) is 0 Å². The minimum Gasteiger partial charge on any atom is -0.463 e. The maximum atomic E-state index is 5.42. The van der Waals surface area contributed by atoms with Crippen LogP contribution in [0, 0.1) is 0 Å². The molecule has 0 bridgehead atoms. The monoisotopic (exact) mass is 254 g/mol. The van der Waals surface area contributed by atoms with Gasteiger partial charge in [-0.05, 0) is 19.8 Å². The van der Waals surface area contributed by atoms with Gasteiger partial charge in [0.05, 0.1) is 6.61 Å². The summed E-state index contributed by atoms with van der Waals surface area (Å²) >= 11 is 0. The van der Waals surface area contributed by atoms with Crippen molar-refractivity contribution in [3.05, 3.63) is 0 Å². The molecule has 0 spiro atoms. The van der Waals surface area contributed by atoms with Gasteiger partial charge in [-0.25, -0.2) is 5.84 Å². The molecule has 0 aromatic carbocycles. The molecule has 7 nitrogen and oxygen atoms in total. The second kappa shape index (κ2) is 6.95. The van der Waals surface area contributed by atoms with Gasteiger partial charge in [0.2, 0.25) is 11.9 Å². The Morgan fingerprint density at radius 2 is 2.06 bits per heavy atom. The van der Waals surface area contributed by atoms with Crippen LogP contribution in [0.1, 0.15) is 33.6 Å². The van der Waals surface area contributed by atoms with Crippen LogP contribution in [0.25, 0.3) is 0 Å². The Morgan fingerprint density at radius 1 is 1.33 bits per heavy atom. The van der Waals surface area contributed by atoms with Gasteiger partial charge in [0.1, 0.15) is 0 Å². The summed E-state index contributed by atoms with van der Waals surface area (Å²) in [5.74, 6) is 6.21. The molecule has 7 heteroatoms. The highest BCUT2D eigenvalue weighted by molar-refractivity contribution is 5.37. The highest BCUT2D eigenvalue weighted by Gasteiger charge is 2.14. The summed E-state index contributed by atoms with van der Waals surface area (Å²) in [5.41, 5.74) is 2.43. The Bertz CT molecular complexity index is 373. The predicted molar refractivity (Wildman–Crippen MR) is 71.6 cm³/mol. The third kappa shape index (κ3) is 3.69. The van der Waals surface area contributed by atoms with Crippen molar-refractivity contribution >= 4 is 11.9 Å². The molecule has 0 radical (unpaired) electrons. The molecule has 1 atom stereocenters. The number of aromatic nitrogens is 3. The minimum atomic E-state index is 0.296. The quantitative estimate of drug-likeness (QED) is 0.558. The summed E-state index contributed by atoms with van der Waals surface area (Å²) in [6.07, 6.45) is 1.90. The molecule has 0 fully saturated rings. The van der Waals surface area contributed by atoms with E-state index < -0.39 is 0 Å². The molecule has 1 aromatic heterocycles. The number of hydrogen-bond acceptors (Lipinski definition) is 7. The smallest absolute Gasteiger partial charge is 0.323 e. The van der Waals surface area contributed by atoms with E-state index in [-0.39, 0.29) is 0 Å². The van der Waals surface area contributed by atoms with Crippen molar-refractivity contribution in [2.75, 3.05) is 24.0 Å². The van der Waals surface area contributed by atoms with Crippen molar-refractivity contribution in [1.29, 1.82) is 0 Å². The van der Waals surface area contributed by atoms with Crippen LogP contribution in [0.2, 0.25) is 0 Å². The number of ether oxygens (including phenoxy) is 1. The number of hydrazine groups is 1. The maximum absolute atomic E-state index is 5.42. The van der Waals surface area contributed by atoms with Crippen LogP contribution in [0.3, 0.4) is 0 Å². The fraction of sp³-hybridized carbons (Fsp3) is 0.727. The lowest BCUT2D eigenvalue weighted by Crippen LogP contribution is -2.30. The van der Waals surface area contributed by atoms with Crippen LogP contribution >= 0.6 is 0 Å². The van der Waals surface area contributed by atoms with Gasteiger partial charge in [0, 0.05) is 13.1 Å². The molecule has 102 valence electrons. The van der Waals surface area contributed by atoms with Crippen LogP contribution in [0.5, 0.6) is 6.01 Å². The van der Waals surface area contributed by atoms with Crippen LogP contribution in [0.15, 0.2) is 0 Å². The van der Waals surface area contributed by atoms with Crippen molar-refractivity contribution < 1.29 is 4.74 Å². The van der Waals surface area contributed by atoms with Gasteiger partial charge in [-0.3, -0.25) is 5.43 Å². The van der Waals surface area contributed by atoms with E-state index in [4.69, 9.17) is 10.6 Å². The number of nitrogens with zero attached hydrogens (tertiary/aromatic N) is 4. The first-order valence-corrected chi connectivity index (χ1v) is 6.20. The van der Waals surface area contributed by atoms with E-state index in [1.54, 1.807) is 0 Å². The Kier molecular flexibility index (Phi) is 5.57. The number of hydrogen-bond donors (Lipinski definition) is 2. The summed E-state index contributed by atoms with van der Waals surface area (Å²) in [5, 5.41) is 0. The molecule has 0 aliphatic heterocycles. The summed E-state index contributed by atoms with van der Waals surface area (Å²) in [4.78, 5) is 14.5. The van der Waals surface area contributed by atoms with Gasteiger partial charge < -0.3 is 9.64 Å². The largest absolute Gasteiger partial charge is 0.463 e. The Morgan fingerprint density at radius 3 is 2.61 bits per heavy atom. The standard InChI is InChI=1S/C11H22N6O/c1-5-7-18-11-14-9(16-12)13-10(15-11)17(4)8(3)6-2/h8H,5-7,12H2,1-4H3,(H,13,14,15,16). The molecule has 1 aromatic rings. The van der Waals surface area contributed by atoms with E-state index in [9.17, 15) is 0 Å². The number of nitrogens with two attached hydrogens (primary N) is 1. The van der Waals surface area contributed by atoms with E-state index in [1.165, 1.54) is 0 Å². The Balaban J connectivity index is 2.95. The molecular formula is C11H22N6O. The van der Waals surface area contributed by atoms with Crippen LogP contribution < -0.4 is 20.9 Å². The molecule has 0 amide bonds. The zero-order valence-corrected chi connectivity index (χ0v) is 11.5. The third-order valence-corrected chi connectivity index (χ3v) is 2.73. The highest BCUT2D eigenvalue weighted by atomic mass is 16.5. The van der Waals surface area contributed by atoms with Gasteiger partial charge in [0.15, 0.2) is 0 Å². The minimum absolute atomic E-state index is 0.296. The lowest BCUT2D eigenvalue weighted by Gasteiger charge is -2.24. The normalized spacial score (nSPS) is 12.1. The first-order valence-electron chi connectivity index (χ1n) is 6.20. The molecule has 0 saturated carbocycles. The van der Waals surface area contributed by atoms with E-state index in [2.05, 4.69) is 34.2 Å². The maximum Gasteiger partial charge on any atom is 0.323 e. The fourth-order valence-electron chi connectivity index (χ4n) is 1.30. The second-order valence-electron chi connectivity index (χ2n) is 4.10. The Hall–Kier alpha value is -1.63. The second-order valence-corrected chi connectivity index (χ2v) is 4.10. The lowest BCUT2D eigenvalue weighted by molar-refractivity contribution is 0.291. The van der Waals surface area contributed by atoms with E-state index >= 15 is 0 Å². The average molecular weight is 254 g/mol. The number of anilines is 2. The summed E-state index contributed by atoms with van der Waals surface area (Å²) in [6, 6.07) is 0.627. The van der Waals surface area contributed by atoms with E-state index in [1.807, 2.05) is 18.9 Å². The van der Waals surface area contributed by atoms with Crippen molar-refractivity contribution in [2.45, 2.75) is 39.7 Å². The fourth-order valence-corrected chi connectivity index (χ4v) is 1.30. The molecule has 1 heterocycles. The lowest BCUT2D eigenvalue weighted by atomic mass is 10.2. The summed E-state index contributed by atoms with van der Waals surface area (Å²) in [6.45, 7) is 6.81. The van der Waals surface area contributed by atoms with Gasteiger partial charge in [-0.2, -0.15) is 15.0 Å². The van der Waals surface area contributed by atoms with Crippen LogP contribution in [0.4, 0.5) is 11.9 Å². The molecule has 1 rings (SSSR count). The van der Waals surface area contributed by atoms with Gasteiger partial charge >= 0.3 is 6.01 Å². The first-order chi connectivity index (χ1) is 8.62. The summed E-state index contributed by atoms with van der Waals surface area (Å²) in [7, 11) is 1.94. The van der Waals surface area contributed by atoms with Crippen molar-refractivity contribution in [2.24, 2.45) is 5.84 Å². The molecular weight excluding hydrogens is 232 g/mol. The summed E-state index contributed by atoms with van der Waals surface area (Å²) < 4.78 is 5.42. The first kappa shape index (κ1) is 14.4. The zero-order chi connectivity index (χ0) is 13.5. The Labute approximate surface area is 108 Å². The third-order valence-electron chi connectivity index (χ3n) is 2.73. The molecule has 1 unspecified atom stereocenters. The SMILES string of the molecule is CCCOc1nc(NN)nc(N(C)C(C)CC)n1. The number of nitrogens with one attached hydrogen (secondary N) is 1. The topological polar surface area (TPSA) is 89.2 Å². The van der Waals surface area contributed by atoms with E-state index in [0.717, 1.165) is 12.8 Å². The van der Waals surface area contributed by atoms with E-state index in [0.29, 0.717) is 30.6 Å². The highest BCUT2D eigenvalue weighted by Crippen LogP contribution is 2.16. The van der Waals surface area contributed by atoms with Crippen molar-refractivity contribution in [3.8, 4) is 6.01 Å². The molecule has 3 N–H and O–H groups in total. The number of rotatable bonds is 7. The van der Waals surface area contributed by atoms with Crippen molar-refractivity contribution in [1.82, 2.24) is 15.0 Å². The van der Waals surface area contributed by atoms with Crippen LogP contribution in [-0.4, -0.2) is 34.6 Å². The van der Waals surface area contributed by atoms with Crippen molar-refractivity contribution in [3.63, 3.8) is 0 Å². The molecule has 18 heavy (non-hydrogen) atoms. The zero-order valence-electron chi connectivity index (χ0n) is 11.5. The molecule has 0 aliphatic carbocycles. The number of nitrogen functional groups attached to an aromatic ring is 1. The van der Waals surface area contributed by atoms with Gasteiger partial charge in [-0.1, -0.05) is 13.8 Å². The average Bonchev–Trinajstić information content (AvgIpc) is 2.42. The molecule has 0 aliphatic rings. The predicted octanol–water partition coefficient (Wildman–Crippen LogP) is 1.18. The van der Waals surface area contributed by atoms with Crippen LogP contribution in [-0.2, 0) is 0 Å². The molecule has 0 saturated heterocycles.